The van der Waals surface area contributed by atoms with Crippen molar-refractivity contribution in [3.8, 4) is 22.3 Å². The summed E-state index contributed by atoms with van der Waals surface area (Å²) in [5, 5.41) is 17.6. The van der Waals surface area contributed by atoms with Gasteiger partial charge in [0.15, 0.2) is 0 Å². The number of ether oxygens (including phenoxy) is 2. The second-order valence-electron chi connectivity index (χ2n) is 12.3. The van der Waals surface area contributed by atoms with Crippen molar-refractivity contribution in [1.82, 2.24) is 4.90 Å². The number of benzene rings is 4. The Balaban J connectivity index is 0.000000150. The standard InChI is InChI=1S/C19H17NO4S.C15H11ClO2.C5H8O2S/c21-18(22)17-10-25-11-20(17)19(23)24-9-16-14-7-3-1-5-12(14)13-6-2-4-8-15(13)16;16-15(17)18-9-11-5-3-7-13-12-6-2-1-4-10(12)8-14(11)13;6-5(7)4-1-2-8-3-4/h1-8,16-17H,9-11H2,(H,21,22);1-7H,8-9H2;4H,1-3H2,(H,6,7). The van der Waals surface area contributed by atoms with Gasteiger partial charge in [-0.05, 0) is 68.7 Å². The number of aliphatic carboxylic acids is 2. The van der Waals surface area contributed by atoms with Gasteiger partial charge >= 0.3 is 23.5 Å². The van der Waals surface area contributed by atoms with Crippen molar-refractivity contribution < 1.29 is 38.9 Å². The molecular formula is C39H36ClNO8S2. The molecule has 8 rings (SSSR count). The lowest BCUT2D eigenvalue weighted by Gasteiger charge is -2.21. The average molecular weight is 746 g/mol. The van der Waals surface area contributed by atoms with Gasteiger partial charge in [-0.3, -0.25) is 9.69 Å². The minimum absolute atomic E-state index is 0.0186. The third kappa shape index (κ3) is 8.38. The van der Waals surface area contributed by atoms with E-state index in [1.807, 2.05) is 48.5 Å². The molecule has 0 bridgehead atoms. The number of fused-ring (bicyclic) bond motifs is 6. The lowest BCUT2D eigenvalue weighted by molar-refractivity contribution is -0.141. The van der Waals surface area contributed by atoms with Crippen LogP contribution in [0.1, 0.15) is 40.2 Å². The van der Waals surface area contributed by atoms with E-state index in [4.69, 9.17) is 26.2 Å². The normalized spacial score (nSPS) is 17.8. The van der Waals surface area contributed by atoms with Gasteiger partial charge in [0.05, 0.1) is 11.8 Å². The van der Waals surface area contributed by atoms with Crippen LogP contribution in [0.4, 0.5) is 9.59 Å². The molecule has 264 valence electrons. The highest BCUT2D eigenvalue weighted by Crippen LogP contribution is 2.44. The van der Waals surface area contributed by atoms with Crippen LogP contribution >= 0.6 is 35.1 Å². The van der Waals surface area contributed by atoms with E-state index in [0.29, 0.717) is 11.6 Å². The van der Waals surface area contributed by atoms with Crippen LogP contribution in [-0.4, -0.2) is 74.4 Å². The van der Waals surface area contributed by atoms with Crippen LogP contribution in [0.2, 0.25) is 0 Å². The topological polar surface area (TPSA) is 130 Å². The molecule has 2 aliphatic heterocycles. The van der Waals surface area contributed by atoms with Crippen molar-refractivity contribution in [3.05, 3.63) is 119 Å². The Bertz CT molecular complexity index is 1890. The fourth-order valence-corrected chi connectivity index (χ4v) is 9.13. The molecule has 2 unspecified atom stereocenters. The number of hydrogen-bond acceptors (Lipinski definition) is 8. The molecule has 0 radical (unpaired) electrons. The Kier molecular flexibility index (Phi) is 11.9. The van der Waals surface area contributed by atoms with Crippen molar-refractivity contribution in [2.45, 2.75) is 31.4 Å². The Hall–Kier alpha value is -4.45. The van der Waals surface area contributed by atoms with Crippen molar-refractivity contribution >= 4 is 58.6 Å². The quantitative estimate of drug-likeness (QED) is 0.164. The van der Waals surface area contributed by atoms with Crippen LogP contribution < -0.4 is 0 Å². The van der Waals surface area contributed by atoms with Crippen LogP contribution in [-0.2, 0) is 32.1 Å². The van der Waals surface area contributed by atoms with Crippen LogP contribution in [0, 0.1) is 5.92 Å². The molecule has 1 amide bonds. The Morgan fingerprint density at radius 3 is 2.00 bits per heavy atom. The molecule has 2 N–H and O–H groups in total. The van der Waals surface area contributed by atoms with Gasteiger partial charge in [0.25, 0.3) is 0 Å². The number of carboxylic acids is 2. The second-order valence-corrected chi connectivity index (χ2v) is 14.8. The molecule has 4 aliphatic rings. The van der Waals surface area contributed by atoms with Gasteiger partial charge in [-0.2, -0.15) is 11.8 Å². The predicted molar refractivity (Wildman–Crippen MR) is 199 cm³/mol. The van der Waals surface area contributed by atoms with Crippen LogP contribution in [0.5, 0.6) is 0 Å². The summed E-state index contributed by atoms with van der Waals surface area (Å²) in [6.45, 7) is 0.444. The zero-order valence-corrected chi connectivity index (χ0v) is 29.9. The maximum Gasteiger partial charge on any atom is 0.411 e. The molecule has 2 aliphatic carbocycles. The molecule has 4 aromatic rings. The summed E-state index contributed by atoms with van der Waals surface area (Å²) in [4.78, 5) is 45.8. The van der Waals surface area contributed by atoms with Crippen LogP contribution in [0.3, 0.4) is 0 Å². The monoisotopic (exact) mass is 745 g/mol. The number of rotatable bonds is 6. The SMILES string of the molecule is O=C(Cl)OCc1cccc2c1Cc1ccccc1-2.O=C(O)C1CCSC1.O=C(O)C1CSCN1C(=O)OCC1c2ccccc2-c2ccccc21. The number of nitrogens with zero attached hydrogens (tertiary/aromatic N) is 1. The van der Waals surface area contributed by atoms with E-state index in [2.05, 4.69) is 42.5 Å². The summed E-state index contributed by atoms with van der Waals surface area (Å²) in [5.41, 5.74) is 9.93. The summed E-state index contributed by atoms with van der Waals surface area (Å²) >= 11 is 8.36. The van der Waals surface area contributed by atoms with E-state index in [1.54, 1.807) is 11.8 Å². The van der Waals surface area contributed by atoms with Gasteiger partial charge < -0.3 is 19.7 Å². The number of carbonyl (C=O) groups is 4. The van der Waals surface area contributed by atoms with Crippen molar-refractivity contribution in [3.63, 3.8) is 0 Å². The Labute approximate surface area is 309 Å². The first-order valence-corrected chi connectivity index (χ1v) is 19.2. The first kappa shape index (κ1) is 36.3. The van der Waals surface area contributed by atoms with Gasteiger partial charge in [-0.15, -0.1) is 11.8 Å². The van der Waals surface area contributed by atoms with Gasteiger partial charge in [-0.25, -0.2) is 14.4 Å². The largest absolute Gasteiger partial charge is 0.481 e. The van der Waals surface area contributed by atoms with E-state index in [9.17, 15) is 24.3 Å². The summed E-state index contributed by atoms with van der Waals surface area (Å²) < 4.78 is 10.4. The van der Waals surface area contributed by atoms with E-state index < -0.39 is 29.5 Å². The van der Waals surface area contributed by atoms with Gasteiger partial charge in [0.2, 0.25) is 0 Å². The van der Waals surface area contributed by atoms with Crippen LogP contribution in [0.15, 0.2) is 91.0 Å². The molecule has 2 atom stereocenters. The average Bonchev–Trinajstić information content (AvgIpc) is 3.96. The molecule has 2 saturated heterocycles. The Morgan fingerprint density at radius 1 is 0.745 bits per heavy atom. The number of carboxylic acid groups (broad SMARTS) is 2. The third-order valence-electron chi connectivity index (χ3n) is 9.31. The lowest BCUT2D eigenvalue weighted by Crippen LogP contribution is -2.42. The zero-order chi connectivity index (χ0) is 35.9. The predicted octanol–water partition coefficient (Wildman–Crippen LogP) is 8.35. The molecule has 9 nitrogen and oxygen atoms in total. The van der Waals surface area contributed by atoms with E-state index in [1.165, 1.54) is 50.0 Å². The molecule has 2 heterocycles. The third-order valence-corrected chi connectivity index (χ3v) is 11.6. The molecule has 0 saturated carbocycles. The molecule has 12 heteroatoms. The van der Waals surface area contributed by atoms with E-state index in [0.717, 1.165) is 41.0 Å². The maximum absolute atomic E-state index is 12.4. The smallest absolute Gasteiger partial charge is 0.411 e. The van der Waals surface area contributed by atoms with Crippen molar-refractivity contribution in [1.29, 1.82) is 0 Å². The highest BCUT2D eigenvalue weighted by molar-refractivity contribution is 7.99. The van der Waals surface area contributed by atoms with Crippen molar-refractivity contribution in [2.24, 2.45) is 5.92 Å². The number of thioether (sulfide) groups is 2. The number of halogens is 1. The Morgan fingerprint density at radius 2 is 1.39 bits per heavy atom. The second kappa shape index (κ2) is 16.7. The van der Waals surface area contributed by atoms with Crippen LogP contribution in [0.25, 0.3) is 22.3 Å². The lowest BCUT2D eigenvalue weighted by atomic mass is 9.98. The minimum atomic E-state index is -0.987. The summed E-state index contributed by atoms with van der Waals surface area (Å²) in [6, 6.07) is 29.8. The molecule has 51 heavy (non-hydrogen) atoms. The highest BCUT2D eigenvalue weighted by atomic mass is 35.5. The fourth-order valence-electron chi connectivity index (χ4n) is 6.73. The number of carbonyl (C=O) groups excluding carboxylic acids is 2. The molecular weight excluding hydrogens is 710 g/mol. The molecule has 2 fully saturated rings. The molecule has 4 aromatic carbocycles. The maximum atomic E-state index is 12.4. The van der Waals surface area contributed by atoms with Crippen molar-refractivity contribution in [2.75, 3.05) is 29.7 Å². The fraction of sp³-hybridized carbons (Fsp3) is 0.282. The van der Waals surface area contributed by atoms with E-state index in [-0.39, 0.29) is 25.0 Å². The number of amides is 1. The van der Waals surface area contributed by atoms with Gasteiger partial charge in [-0.1, -0.05) is 91.0 Å². The molecule has 0 aromatic heterocycles. The first-order chi connectivity index (χ1) is 24.7. The summed E-state index contributed by atoms with van der Waals surface area (Å²) in [7, 11) is 0. The molecule has 0 spiro atoms. The highest BCUT2D eigenvalue weighted by Gasteiger charge is 2.37. The number of hydrogen-bond donors (Lipinski definition) is 2. The summed E-state index contributed by atoms with van der Waals surface area (Å²) in [6.07, 6.45) is 1.20. The van der Waals surface area contributed by atoms with Gasteiger partial charge in [0.1, 0.15) is 19.3 Å². The van der Waals surface area contributed by atoms with Gasteiger partial charge in [0, 0.05) is 29.0 Å². The van der Waals surface area contributed by atoms with E-state index >= 15 is 0 Å². The minimum Gasteiger partial charge on any atom is -0.481 e. The first-order valence-electron chi connectivity index (χ1n) is 16.5. The summed E-state index contributed by atoms with van der Waals surface area (Å²) in [5.74, 6) is 0.905. The zero-order valence-electron chi connectivity index (χ0n) is 27.5.